The van der Waals surface area contributed by atoms with Crippen LogP contribution < -0.4 is 5.32 Å². The number of carbonyl (C=O) groups is 1. The highest BCUT2D eigenvalue weighted by molar-refractivity contribution is 5.87. The topological polar surface area (TPSA) is 78.0 Å². The number of aryl methyl sites for hydroxylation is 1. The highest BCUT2D eigenvalue weighted by Crippen LogP contribution is 2.19. The fourth-order valence-electron chi connectivity index (χ4n) is 1.76. The van der Waals surface area contributed by atoms with E-state index >= 15 is 0 Å². The van der Waals surface area contributed by atoms with Crippen LogP contribution in [0.15, 0.2) is 24.4 Å². The second-order valence-electron chi connectivity index (χ2n) is 4.18. The van der Waals surface area contributed by atoms with E-state index in [1.807, 2.05) is 32.0 Å². The second kappa shape index (κ2) is 4.91. The van der Waals surface area contributed by atoms with Crippen molar-refractivity contribution in [3.8, 4) is 0 Å². The van der Waals surface area contributed by atoms with Gasteiger partial charge >= 0.3 is 5.97 Å². The Morgan fingerprint density at radius 2 is 2.22 bits per heavy atom. The maximum absolute atomic E-state index is 10.9. The summed E-state index contributed by atoms with van der Waals surface area (Å²) in [4.78, 5) is 10.9. The van der Waals surface area contributed by atoms with E-state index < -0.39 is 5.97 Å². The molecule has 1 aromatic heterocycles. The van der Waals surface area contributed by atoms with Crippen LogP contribution >= 0.6 is 0 Å². The standard InChI is InChI=1S/C13H15N3O2/c1-8-4-3-5-11(9(8)2)14-6-10-7-15-16-12(10)13(17)18/h3-5,7,14H,6H2,1-2H3,(H,15,16)(H,17,18). The third kappa shape index (κ3) is 2.34. The Kier molecular flexibility index (Phi) is 3.32. The summed E-state index contributed by atoms with van der Waals surface area (Å²) in [5.74, 6) is -0.995. The highest BCUT2D eigenvalue weighted by atomic mass is 16.4. The number of carboxylic acid groups (broad SMARTS) is 1. The van der Waals surface area contributed by atoms with Crippen molar-refractivity contribution in [2.75, 3.05) is 5.32 Å². The molecule has 0 aliphatic heterocycles. The number of nitrogens with zero attached hydrogens (tertiary/aromatic N) is 1. The molecule has 5 nitrogen and oxygen atoms in total. The fourth-order valence-corrected chi connectivity index (χ4v) is 1.76. The minimum Gasteiger partial charge on any atom is -0.477 e. The number of anilines is 1. The first-order chi connectivity index (χ1) is 8.59. The SMILES string of the molecule is Cc1cccc(NCc2cn[nH]c2C(=O)O)c1C. The number of nitrogens with one attached hydrogen (secondary N) is 2. The van der Waals surface area contributed by atoms with E-state index in [2.05, 4.69) is 15.5 Å². The second-order valence-corrected chi connectivity index (χ2v) is 4.18. The van der Waals surface area contributed by atoms with Crippen molar-refractivity contribution in [3.63, 3.8) is 0 Å². The first-order valence-corrected chi connectivity index (χ1v) is 5.65. The van der Waals surface area contributed by atoms with Gasteiger partial charge in [-0.3, -0.25) is 5.10 Å². The van der Waals surface area contributed by atoms with E-state index in [-0.39, 0.29) is 5.69 Å². The van der Waals surface area contributed by atoms with Crippen molar-refractivity contribution in [2.45, 2.75) is 20.4 Å². The number of hydrogen-bond donors (Lipinski definition) is 3. The van der Waals surface area contributed by atoms with Crippen molar-refractivity contribution < 1.29 is 9.90 Å². The molecule has 0 atom stereocenters. The number of carboxylic acids is 1. The van der Waals surface area contributed by atoms with Gasteiger partial charge in [-0.1, -0.05) is 12.1 Å². The monoisotopic (exact) mass is 245 g/mol. The van der Waals surface area contributed by atoms with Crippen LogP contribution in [0.2, 0.25) is 0 Å². The molecular formula is C13H15N3O2. The van der Waals surface area contributed by atoms with Crippen LogP contribution in [0.5, 0.6) is 0 Å². The third-order valence-corrected chi connectivity index (χ3v) is 3.01. The van der Waals surface area contributed by atoms with Gasteiger partial charge in [0.15, 0.2) is 0 Å². The Hall–Kier alpha value is -2.30. The van der Waals surface area contributed by atoms with Gasteiger partial charge in [-0.2, -0.15) is 5.10 Å². The molecule has 0 amide bonds. The number of hydrogen-bond acceptors (Lipinski definition) is 3. The summed E-state index contributed by atoms with van der Waals surface area (Å²) >= 11 is 0. The van der Waals surface area contributed by atoms with E-state index in [4.69, 9.17) is 5.11 Å². The summed E-state index contributed by atoms with van der Waals surface area (Å²) in [5.41, 5.74) is 4.15. The Bertz CT molecular complexity index is 575. The lowest BCUT2D eigenvalue weighted by Crippen LogP contribution is -2.07. The van der Waals surface area contributed by atoms with Crippen molar-refractivity contribution in [1.82, 2.24) is 10.2 Å². The lowest BCUT2D eigenvalue weighted by atomic mass is 10.1. The van der Waals surface area contributed by atoms with Gasteiger partial charge in [-0.25, -0.2) is 4.79 Å². The molecule has 0 radical (unpaired) electrons. The number of aromatic carboxylic acids is 1. The number of H-pyrrole nitrogens is 1. The molecule has 0 unspecified atom stereocenters. The van der Waals surface area contributed by atoms with Crippen molar-refractivity contribution >= 4 is 11.7 Å². The molecule has 1 aromatic carbocycles. The number of rotatable bonds is 4. The molecule has 0 spiro atoms. The summed E-state index contributed by atoms with van der Waals surface area (Å²) < 4.78 is 0. The molecule has 5 heteroatoms. The number of benzene rings is 1. The average molecular weight is 245 g/mol. The minimum absolute atomic E-state index is 0.132. The zero-order valence-corrected chi connectivity index (χ0v) is 10.3. The van der Waals surface area contributed by atoms with Gasteiger partial charge in [-0.05, 0) is 31.0 Å². The van der Waals surface area contributed by atoms with Crippen LogP contribution in [0.1, 0.15) is 27.2 Å². The molecule has 0 aliphatic carbocycles. The summed E-state index contributed by atoms with van der Waals surface area (Å²) in [6, 6.07) is 5.99. The number of aromatic amines is 1. The predicted octanol–water partition coefficient (Wildman–Crippen LogP) is 2.34. The van der Waals surface area contributed by atoms with Crippen LogP contribution in [0.3, 0.4) is 0 Å². The highest BCUT2D eigenvalue weighted by Gasteiger charge is 2.12. The van der Waals surface area contributed by atoms with Crippen molar-refractivity contribution in [3.05, 3.63) is 46.8 Å². The maximum Gasteiger partial charge on any atom is 0.354 e. The summed E-state index contributed by atoms with van der Waals surface area (Å²) in [7, 11) is 0. The fraction of sp³-hybridized carbons (Fsp3) is 0.231. The van der Waals surface area contributed by atoms with Crippen LogP contribution in [-0.2, 0) is 6.54 Å². The molecule has 0 aliphatic rings. The molecule has 2 aromatic rings. The smallest absolute Gasteiger partial charge is 0.354 e. The summed E-state index contributed by atoms with van der Waals surface area (Å²) in [6.45, 7) is 4.51. The zero-order chi connectivity index (χ0) is 13.1. The molecule has 0 bridgehead atoms. The third-order valence-electron chi connectivity index (χ3n) is 3.01. The van der Waals surface area contributed by atoms with E-state index in [0.29, 0.717) is 12.1 Å². The Labute approximate surface area is 105 Å². The van der Waals surface area contributed by atoms with Gasteiger partial charge in [0.25, 0.3) is 0 Å². The van der Waals surface area contributed by atoms with E-state index in [1.165, 1.54) is 11.8 Å². The van der Waals surface area contributed by atoms with Crippen LogP contribution in [0.25, 0.3) is 0 Å². The van der Waals surface area contributed by atoms with Crippen LogP contribution in [0, 0.1) is 13.8 Å². The van der Waals surface area contributed by atoms with Crippen LogP contribution in [0.4, 0.5) is 5.69 Å². The molecule has 1 heterocycles. The molecule has 18 heavy (non-hydrogen) atoms. The van der Waals surface area contributed by atoms with Gasteiger partial charge in [0.1, 0.15) is 5.69 Å². The lowest BCUT2D eigenvalue weighted by Gasteiger charge is -2.10. The Morgan fingerprint density at radius 1 is 1.44 bits per heavy atom. The quantitative estimate of drug-likeness (QED) is 0.772. The molecule has 3 N–H and O–H groups in total. The first-order valence-electron chi connectivity index (χ1n) is 5.65. The normalized spacial score (nSPS) is 10.3. The Balaban J connectivity index is 2.14. The van der Waals surface area contributed by atoms with E-state index in [9.17, 15) is 4.79 Å². The van der Waals surface area contributed by atoms with Crippen molar-refractivity contribution in [2.24, 2.45) is 0 Å². The zero-order valence-electron chi connectivity index (χ0n) is 10.3. The van der Waals surface area contributed by atoms with Crippen molar-refractivity contribution in [1.29, 1.82) is 0 Å². The lowest BCUT2D eigenvalue weighted by molar-refractivity contribution is 0.0689. The van der Waals surface area contributed by atoms with Gasteiger partial charge in [0, 0.05) is 17.8 Å². The molecular weight excluding hydrogens is 230 g/mol. The first kappa shape index (κ1) is 12.2. The van der Waals surface area contributed by atoms with Gasteiger partial charge in [0.05, 0.1) is 6.20 Å². The van der Waals surface area contributed by atoms with E-state index in [1.54, 1.807) is 0 Å². The molecule has 94 valence electrons. The van der Waals surface area contributed by atoms with E-state index in [0.717, 1.165) is 11.3 Å². The molecule has 2 rings (SSSR count). The molecule has 0 saturated carbocycles. The maximum atomic E-state index is 10.9. The predicted molar refractivity (Wildman–Crippen MR) is 68.8 cm³/mol. The van der Waals surface area contributed by atoms with Gasteiger partial charge < -0.3 is 10.4 Å². The largest absolute Gasteiger partial charge is 0.477 e. The number of aromatic nitrogens is 2. The molecule has 0 saturated heterocycles. The minimum atomic E-state index is -0.995. The van der Waals surface area contributed by atoms with Gasteiger partial charge in [-0.15, -0.1) is 0 Å². The summed E-state index contributed by atoms with van der Waals surface area (Å²) in [5, 5.41) is 18.4. The van der Waals surface area contributed by atoms with Gasteiger partial charge in [0.2, 0.25) is 0 Å². The van der Waals surface area contributed by atoms with Crippen LogP contribution in [-0.4, -0.2) is 21.3 Å². The summed E-state index contributed by atoms with van der Waals surface area (Å²) in [6.07, 6.45) is 1.53. The molecule has 0 fully saturated rings. The Morgan fingerprint density at radius 3 is 2.94 bits per heavy atom. The average Bonchev–Trinajstić information content (AvgIpc) is 2.79.